The number of nitro benzene ring substituents is 1. The number of carbonyl (C=O) groups is 1. The van der Waals surface area contributed by atoms with Gasteiger partial charge in [0.25, 0.3) is 5.69 Å². The van der Waals surface area contributed by atoms with Crippen LogP contribution in [0.2, 0.25) is 0 Å². The van der Waals surface area contributed by atoms with Crippen molar-refractivity contribution >= 4 is 17.7 Å². The summed E-state index contributed by atoms with van der Waals surface area (Å²) in [6.45, 7) is 2.53. The highest BCUT2D eigenvalue weighted by Crippen LogP contribution is 2.18. The summed E-state index contributed by atoms with van der Waals surface area (Å²) in [7, 11) is 0. The van der Waals surface area contributed by atoms with Crippen molar-refractivity contribution in [2.45, 2.75) is 19.8 Å². The number of hydrogen-bond acceptors (Lipinski definition) is 5. The molecule has 1 rings (SSSR count). The van der Waals surface area contributed by atoms with Gasteiger partial charge in [0, 0.05) is 18.6 Å². The molecule has 96 valence electrons. The van der Waals surface area contributed by atoms with Crippen LogP contribution < -0.4 is 0 Å². The molecule has 0 fully saturated rings. The summed E-state index contributed by atoms with van der Waals surface area (Å²) in [5.74, 6) is 0.304. The number of benzene rings is 1. The topological polar surface area (TPSA) is 84.9 Å². The summed E-state index contributed by atoms with van der Waals surface area (Å²) in [5.41, 5.74) is 0.622. The minimum Gasteiger partial charge on any atom is -0.303 e. The number of azo groups is 1. The van der Waals surface area contributed by atoms with E-state index in [1.54, 1.807) is 12.1 Å². The zero-order valence-electron chi connectivity index (χ0n) is 10.2. The molecule has 0 bridgehead atoms. The molecule has 0 aromatic heterocycles. The maximum Gasteiger partial charge on any atom is 0.269 e. The molecule has 0 amide bonds. The number of aldehydes is 1. The molecule has 0 radical (unpaired) electrons. The van der Waals surface area contributed by atoms with Gasteiger partial charge in [-0.1, -0.05) is 6.92 Å². The minimum absolute atomic E-state index is 0.0357. The molecule has 0 saturated carbocycles. The Kier molecular flexibility index (Phi) is 5.63. The van der Waals surface area contributed by atoms with Crippen molar-refractivity contribution in [3.8, 4) is 0 Å². The molecular formula is C12H15N3O3. The van der Waals surface area contributed by atoms with Gasteiger partial charge in [0.2, 0.25) is 0 Å². The van der Waals surface area contributed by atoms with Gasteiger partial charge in [-0.25, -0.2) is 0 Å². The number of rotatable bonds is 7. The smallest absolute Gasteiger partial charge is 0.269 e. The van der Waals surface area contributed by atoms with Crippen molar-refractivity contribution < 1.29 is 9.72 Å². The van der Waals surface area contributed by atoms with Crippen LogP contribution in [0.15, 0.2) is 34.5 Å². The van der Waals surface area contributed by atoms with Crippen molar-refractivity contribution in [3.05, 3.63) is 34.4 Å². The molecular weight excluding hydrogens is 234 g/mol. The second-order valence-electron chi connectivity index (χ2n) is 4.03. The Bertz CT molecular complexity index is 429. The molecule has 0 aliphatic rings. The first-order valence-corrected chi connectivity index (χ1v) is 5.69. The lowest BCUT2D eigenvalue weighted by molar-refractivity contribution is -0.384. The van der Waals surface area contributed by atoms with Crippen LogP contribution in [0.1, 0.15) is 19.8 Å². The fourth-order valence-corrected chi connectivity index (χ4v) is 1.33. The summed E-state index contributed by atoms with van der Waals surface area (Å²) < 4.78 is 0. The summed E-state index contributed by atoms with van der Waals surface area (Å²) in [6.07, 6.45) is 2.24. The van der Waals surface area contributed by atoms with Crippen molar-refractivity contribution in [1.29, 1.82) is 0 Å². The number of non-ortho nitro benzene ring substituents is 1. The summed E-state index contributed by atoms with van der Waals surface area (Å²) in [4.78, 5) is 20.2. The van der Waals surface area contributed by atoms with Crippen LogP contribution in [0.5, 0.6) is 0 Å². The van der Waals surface area contributed by atoms with Crippen molar-refractivity contribution in [1.82, 2.24) is 0 Å². The van der Waals surface area contributed by atoms with Gasteiger partial charge in [-0.15, -0.1) is 0 Å². The van der Waals surface area contributed by atoms with E-state index in [4.69, 9.17) is 0 Å². The normalized spacial score (nSPS) is 12.5. The first kappa shape index (κ1) is 14.0. The fourth-order valence-electron chi connectivity index (χ4n) is 1.33. The minimum atomic E-state index is -0.456. The average molecular weight is 249 g/mol. The molecule has 6 heteroatoms. The van der Waals surface area contributed by atoms with Gasteiger partial charge in [0.1, 0.15) is 6.29 Å². The van der Waals surface area contributed by atoms with E-state index in [1.165, 1.54) is 12.1 Å². The Balaban J connectivity index is 2.42. The zero-order valence-corrected chi connectivity index (χ0v) is 10.2. The number of carbonyl (C=O) groups excluding carboxylic acids is 1. The molecule has 1 atom stereocenters. The molecule has 0 N–H and O–H groups in total. The van der Waals surface area contributed by atoms with Gasteiger partial charge in [0.15, 0.2) is 0 Å². The summed E-state index contributed by atoms with van der Waals surface area (Å²) in [5, 5.41) is 18.4. The lowest BCUT2D eigenvalue weighted by Crippen LogP contribution is -1.96. The maximum atomic E-state index is 10.4. The second kappa shape index (κ2) is 7.26. The number of nitro groups is 1. The molecule has 0 saturated heterocycles. The van der Waals surface area contributed by atoms with Crippen LogP contribution in [0, 0.1) is 16.0 Å². The molecule has 0 aliphatic carbocycles. The van der Waals surface area contributed by atoms with Gasteiger partial charge in [-0.3, -0.25) is 10.1 Å². The Morgan fingerprint density at radius 3 is 2.61 bits per heavy atom. The highest BCUT2D eigenvalue weighted by atomic mass is 16.6. The second-order valence-corrected chi connectivity index (χ2v) is 4.03. The third-order valence-electron chi connectivity index (χ3n) is 2.47. The van der Waals surface area contributed by atoms with Crippen LogP contribution in [0.25, 0.3) is 0 Å². The molecule has 0 spiro atoms. The van der Waals surface area contributed by atoms with E-state index in [-0.39, 0.29) is 5.69 Å². The van der Waals surface area contributed by atoms with Gasteiger partial charge in [-0.2, -0.15) is 10.2 Å². The standard InChI is InChI=1S/C12H15N3O3/c1-10(7-9-16)6-8-13-14-11-2-4-12(5-3-11)15(17)18/h2-5,9-10H,6-8H2,1H3. The van der Waals surface area contributed by atoms with Crippen LogP contribution in [-0.2, 0) is 4.79 Å². The Morgan fingerprint density at radius 1 is 1.39 bits per heavy atom. The van der Waals surface area contributed by atoms with Crippen molar-refractivity contribution in [2.24, 2.45) is 16.1 Å². The van der Waals surface area contributed by atoms with Gasteiger partial charge >= 0.3 is 0 Å². The molecule has 1 aromatic rings. The van der Waals surface area contributed by atoms with Gasteiger partial charge in [0.05, 0.1) is 17.2 Å². The Labute approximate surface area is 105 Å². The summed E-state index contributed by atoms with van der Waals surface area (Å²) in [6, 6.07) is 5.89. The van der Waals surface area contributed by atoms with E-state index >= 15 is 0 Å². The lowest BCUT2D eigenvalue weighted by atomic mass is 10.1. The quantitative estimate of drug-likeness (QED) is 0.321. The lowest BCUT2D eigenvalue weighted by Gasteiger charge is -2.02. The zero-order chi connectivity index (χ0) is 13.4. The maximum absolute atomic E-state index is 10.4. The van der Waals surface area contributed by atoms with Gasteiger partial charge in [-0.05, 0) is 24.5 Å². The van der Waals surface area contributed by atoms with E-state index in [0.717, 1.165) is 12.7 Å². The Morgan fingerprint density at radius 2 is 2.06 bits per heavy atom. The van der Waals surface area contributed by atoms with Crippen LogP contribution in [-0.4, -0.2) is 17.8 Å². The first-order chi connectivity index (χ1) is 8.63. The van der Waals surface area contributed by atoms with Crippen LogP contribution in [0.3, 0.4) is 0 Å². The van der Waals surface area contributed by atoms with E-state index in [2.05, 4.69) is 10.2 Å². The van der Waals surface area contributed by atoms with Gasteiger partial charge < -0.3 is 4.79 Å². The molecule has 1 unspecified atom stereocenters. The highest BCUT2D eigenvalue weighted by molar-refractivity contribution is 5.49. The van der Waals surface area contributed by atoms with Crippen molar-refractivity contribution in [2.75, 3.05) is 6.54 Å². The Hall–Kier alpha value is -2.11. The molecule has 0 aliphatic heterocycles. The highest BCUT2D eigenvalue weighted by Gasteiger charge is 2.03. The predicted molar refractivity (Wildman–Crippen MR) is 66.9 cm³/mol. The third kappa shape index (κ3) is 4.82. The molecule has 1 aromatic carbocycles. The van der Waals surface area contributed by atoms with E-state index in [0.29, 0.717) is 24.6 Å². The number of nitrogens with zero attached hydrogens (tertiary/aromatic N) is 3. The molecule has 0 heterocycles. The monoisotopic (exact) mass is 249 g/mol. The van der Waals surface area contributed by atoms with Crippen molar-refractivity contribution in [3.63, 3.8) is 0 Å². The van der Waals surface area contributed by atoms with E-state index in [9.17, 15) is 14.9 Å². The largest absolute Gasteiger partial charge is 0.303 e. The van der Waals surface area contributed by atoms with E-state index in [1.807, 2.05) is 6.92 Å². The van der Waals surface area contributed by atoms with E-state index < -0.39 is 4.92 Å². The average Bonchev–Trinajstić information content (AvgIpc) is 2.35. The van der Waals surface area contributed by atoms with Crippen LogP contribution in [0.4, 0.5) is 11.4 Å². The summed E-state index contributed by atoms with van der Waals surface area (Å²) >= 11 is 0. The first-order valence-electron chi connectivity index (χ1n) is 5.69. The fraction of sp³-hybridized carbons (Fsp3) is 0.417. The molecule has 6 nitrogen and oxygen atoms in total. The third-order valence-corrected chi connectivity index (χ3v) is 2.47. The predicted octanol–water partition coefficient (Wildman–Crippen LogP) is 3.29. The molecule has 18 heavy (non-hydrogen) atoms. The SMILES string of the molecule is CC(CC=O)CCN=Nc1ccc([N+](=O)[O-])cc1. The van der Waals surface area contributed by atoms with Crippen LogP contribution >= 0.6 is 0 Å². The number of hydrogen-bond donors (Lipinski definition) is 0.